The summed E-state index contributed by atoms with van der Waals surface area (Å²) in [6.45, 7) is 6.33. The summed E-state index contributed by atoms with van der Waals surface area (Å²) in [6.07, 6.45) is 8.46. The lowest BCUT2D eigenvalue weighted by Crippen LogP contribution is -2.40. The molecule has 0 aromatic carbocycles. The maximum atomic E-state index is 5.58. The summed E-state index contributed by atoms with van der Waals surface area (Å²) < 4.78 is 11.2. The number of ether oxygens (including phenoxy) is 2. The Labute approximate surface area is 112 Å². The fraction of sp³-hybridized carbons (Fsp3) is 1.00. The second-order valence-electron chi connectivity index (χ2n) is 5.71. The van der Waals surface area contributed by atoms with E-state index in [4.69, 9.17) is 9.47 Å². The van der Waals surface area contributed by atoms with Gasteiger partial charge in [0.15, 0.2) is 6.29 Å². The molecule has 18 heavy (non-hydrogen) atoms. The van der Waals surface area contributed by atoms with Crippen molar-refractivity contribution in [2.24, 2.45) is 11.8 Å². The molecule has 1 N–H and O–H groups in total. The Balaban J connectivity index is 1.67. The first kappa shape index (κ1) is 14.3. The summed E-state index contributed by atoms with van der Waals surface area (Å²) in [4.78, 5) is 0. The lowest BCUT2D eigenvalue weighted by Gasteiger charge is -2.31. The zero-order valence-corrected chi connectivity index (χ0v) is 12.0. The van der Waals surface area contributed by atoms with Crippen LogP contribution in [0.5, 0.6) is 0 Å². The Hall–Kier alpha value is -0.120. The van der Waals surface area contributed by atoms with Crippen LogP contribution in [0.25, 0.3) is 0 Å². The summed E-state index contributed by atoms with van der Waals surface area (Å²) in [7, 11) is 0. The van der Waals surface area contributed by atoms with Gasteiger partial charge in [-0.3, -0.25) is 0 Å². The van der Waals surface area contributed by atoms with E-state index < -0.39 is 0 Å². The van der Waals surface area contributed by atoms with E-state index >= 15 is 0 Å². The van der Waals surface area contributed by atoms with Gasteiger partial charge >= 0.3 is 0 Å². The van der Waals surface area contributed by atoms with Crippen LogP contribution in [0.3, 0.4) is 0 Å². The number of nitrogens with one attached hydrogen (secondary N) is 1. The molecular weight excluding hydrogens is 226 g/mol. The maximum absolute atomic E-state index is 5.58. The summed E-state index contributed by atoms with van der Waals surface area (Å²) in [5.41, 5.74) is 0. The molecule has 2 rings (SSSR count). The third-order valence-electron chi connectivity index (χ3n) is 4.28. The van der Waals surface area contributed by atoms with Crippen LogP contribution in [-0.4, -0.2) is 32.1 Å². The predicted octanol–water partition coefficient (Wildman–Crippen LogP) is 2.94. The third kappa shape index (κ3) is 4.52. The summed E-state index contributed by atoms with van der Waals surface area (Å²) in [5, 5.41) is 3.65. The standard InChI is InChI=1S/C15H29NO2/c1-3-17-15(18-4-2)11-16-14-7-5-6-13(10-14)12-8-9-12/h12-16H,3-11H2,1-2H3. The van der Waals surface area contributed by atoms with Crippen molar-refractivity contribution in [3.05, 3.63) is 0 Å². The predicted molar refractivity (Wildman–Crippen MR) is 73.5 cm³/mol. The van der Waals surface area contributed by atoms with E-state index in [9.17, 15) is 0 Å². The topological polar surface area (TPSA) is 30.5 Å². The van der Waals surface area contributed by atoms with Gasteiger partial charge in [0.25, 0.3) is 0 Å². The molecule has 0 aliphatic heterocycles. The molecule has 0 radical (unpaired) electrons. The van der Waals surface area contributed by atoms with Crippen LogP contribution in [0.15, 0.2) is 0 Å². The van der Waals surface area contributed by atoms with Crippen LogP contribution in [-0.2, 0) is 9.47 Å². The molecule has 0 bridgehead atoms. The lowest BCUT2D eigenvalue weighted by atomic mass is 9.83. The molecular formula is C15H29NO2. The van der Waals surface area contributed by atoms with Crippen molar-refractivity contribution in [2.45, 2.75) is 64.7 Å². The van der Waals surface area contributed by atoms with Gasteiger partial charge in [-0.25, -0.2) is 0 Å². The minimum absolute atomic E-state index is 0.0682. The fourth-order valence-electron chi connectivity index (χ4n) is 3.21. The Morgan fingerprint density at radius 3 is 2.33 bits per heavy atom. The molecule has 2 atom stereocenters. The molecule has 2 fully saturated rings. The Morgan fingerprint density at radius 2 is 1.72 bits per heavy atom. The van der Waals surface area contributed by atoms with Gasteiger partial charge in [-0.2, -0.15) is 0 Å². The molecule has 0 amide bonds. The first-order valence-electron chi connectivity index (χ1n) is 7.80. The zero-order valence-electron chi connectivity index (χ0n) is 12.0. The second kappa shape index (κ2) is 7.46. The van der Waals surface area contributed by atoms with E-state index in [1.807, 2.05) is 13.8 Å². The van der Waals surface area contributed by atoms with Gasteiger partial charge in [-0.1, -0.05) is 12.8 Å². The highest BCUT2D eigenvalue weighted by Gasteiger charge is 2.34. The van der Waals surface area contributed by atoms with E-state index in [2.05, 4.69) is 5.32 Å². The SMILES string of the molecule is CCOC(CNC1CCCC(C2CC2)C1)OCC. The Kier molecular flexibility index (Phi) is 5.93. The number of hydrogen-bond donors (Lipinski definition) is 1. The summed E-state index contributed by atoms with van der Waals surface area (Å²) in [6, 6.07) is 0.688. The highest BCUT2D eigenvalue weighted by molar-refractivity contribution is 4.87. The first-order chi connectivity index (χ1) is 8.83. The molecule has 2 saturated carbocycles. The van der Waals surface area contributed by atoms with Crippen LogP contribution in [0.4, 0.5) is 0 Å². The van der Waals surface area contributed by atoms with Crippen molar-refractivity contribution in [1.29, 1.82) is 0 Å². The first-order valence-corrected chi connectivity index (χ1v) is 7.80. The average Bonchev–Trinajstić information content (AvgIpc) is 3.21. The lowest BCUT2D eigenvalue weighted by molar-refractivity contribution is -0.134. The van der Waals surface area contributed by atoms with Crippen LogP contribution >= 0.6 is 0 Å². The van der Waals surface area contributed by atoms with E-state index in [1.165, 1.54) is 38.5 Å². The van der Waals surface area contributed by atoms with Crippen LogP contribution in [0, 0.1) is 11.8 Å². The molecule has 0 aromatic heterocycles. The van der Waals surface area contributed by atoms with Gasteiger partial charge in [0.05, 0.1) is 0 Å². The minimum atomic E-state index is -0.0682. The van der Waals surface area contributed by atoms with Crippen molar-refractivity contribution in [2.75, 3.05) is 19.8 Å². The maximum Gasteiger partial charge on any atom is 0.169 e. The Bertz CT molecular complexity index is 225. The van der Waals surface area contributed by atoms with E-state index in [0.29, 0.717) is 6.04 Å². The summed E-state index contributed by atoms with van der Waals surface area (Å²) in [5.74, 6) is 2.05. The fourth-order valence-corrected chi connectivity index (χ4v) is 3.21. The Morgan fingerprint density at radius 1 is 1.00 bits per heavy atom. The van der Waals surface area contributed by atoms with Gasteiger partial charge in [0.2, 0.25) is 0 Å². The summed E-state index contributed by atoms with van der Waals surface area (Å²) >= 11 is 0. The second-order valence-corrected chi connectivity index (χ2v) is 5.71. The van der Waals surface area contributed by atoms with Crippen molar-refractivity contribution in [3.8, 4) is 0 Å². The highest BCUT2D eigenvalue weighted by Crippen LogP contribution is 2.43. The monoisotopic (exact) mass is 255 g/mol. The van der Waals surface area contributed by atoms with Gasteiger partial charge in [0.1, 0.15) is 0 Å². The van der Waals surface area contributed by atoms with Crippen LogP contribution in [0.1, 0.15) is 52.4 Å². The van der Waals surface area contributed by atoms with Gasteiger partial charge in [-0.15, -0.1) is 0 Å². The number of rotatable bonds is 8. The molecule has 3 nitrogen and oxygen atoms in total. The molecule has 3 heteroatoms. The quantitative estimate of drug-likeness (QED) is 0.676. The van der Waals surface area contributed by atoms with Crippen molar-refractivity contribution < 1.29 is 9.47 Å². The molecule has 0 saturated heterocycles. The zero-order chi connectivity index (χ0) is 12.8. The molecule has 106 valence electrons. The van der Waals surface area contributed by atoms with Crippen LogP contribution in [0.2, 0.25) is 0 Å². The minimum Gasteiger partial charge on any atom is -0.352 e. The van der Waals surface area contributed by atoms with Gasteiger partial charge in [-0.05, 0) is 51.4 Å². The van der Waals surface area contributed by atoms with Gasteiger partial charge in [0, 0.05) is 25.8 Å². The molecule has 0 spiro atoms. The molecule has 0 aromatic rings. The van der Waals surface area contributed by atoms with Gasteiger partial charge < -0.3 is 14.8 Å². The third-order valence-corrected chi connectivity index (χ3v) is 4.28. The smallest absolute Gasteiger partial charge is 0.169 e. The highest BCUT2D eigenvalue weighted by atomic mass is 16.7. The van der Waals surface area contributed by atoms with E-state index in [-0.39, 0.29) is 6.29 Å². The average molecular weight is 255 g/mol. The van der Waals surface area contributed by atoms with E-state index in [1.54, 1.807) is 0 Å². The largest absolute Gasteiger partial charge is 0.352 e. The molecule has 2 unspecified atom stereocenters. The molecule has 2 aliphatic carbocycles. The van der Waals surface area contributed by atoms with E-state index in [0.717, 1.165) is 31.6 Å². The van der Waals surface area contributed by atoms with Crippen molar-refractivity contribution in [1.82, 2.24) is 5.32 Å². The molecule has 2 aliphatic rings. The van der Waals surface area contributed by atoms with Crippen LogP contribution < -0.4 is 5.32 Å². The normalized spacial score (nSPS) is 28.8. The van der Waals surface area contributed by atoms with Crippen molar-refractivity contribution >= 4 is 0 Å². The molecule has 0 heterocycles. The number of hydrogen-bond acceptors (Lipinski definition) is 3. The van der Waals surface area contributed by atoms with Crippen molar-refractivity contribution in [3.63, 3.8) is 0 Å².